The first-order valence-corrected chi connectivity index (χ1v) is 9.09. The lowest BCUT2D eigenvalue weighted by Gasteiger charge is -2.38. The molecule has 1 amide bonds. The van der Waals surface area contributed by atoms with Gasteiger partial charge in [-0.2, -0.15) is 0 Å². The topological polar surface area (TPSA) is 52.0 Å². The Morgan fingerprint density at radius 2 is 2.00 bits per heavy atom. The van der Waals surface area contributed by atoms with Gasteiger partial charge in [-0.05, 0) is 19.2 Å². The average Bonchev–Trinajstić information content (AvgIpc) is 3.04. The number of fused-ring (bicyclic) bond motifs is 1. The van der Waals surface area contributed by atoms with Gasteiger partial charge in [-0.25, -0.2) is 0 Å². The number of piperazine rings is 2. The summed E-state index contributed by atoms with van der Waals surface area (Å²) in [6, 6.07) is 10.1. The Balaban J connectivity index is 1.38. The number of furan rings is 1. The molecule has 0 bridgehead atoms. The van der Waals surface area contributed by atoms with Gasteiger partial charge >= 0.3 is 0 Å². The molecule has 0 unspecified atom stereocenters. The van der Waals surface area contributed by atoms with Crippen LogP contribution in [0.1, 0.15) is 5.76 Å². The van der Waals surface area contributed by atoms with Crippen molar-refractivity contribution in [2.75, 3.05) is 52.9 Å². The number of rotatable bonds is 3. The van der Waals surface area contributed by atoms with Gasteiger partial charge in [-0.15, -0.1) is 0 Å². The molecular weight excluding hydrogens is 316 g/mol. The zero-order chi connectivity index (χ0) is 17.2. The predicted molar refractivity (Wildman–Crippen MR) is 97.4 cm³/mol. The molecule has 4 rings (SSSR count). The maximum atomic E-state index is 12.8. The van der Waals surface area contributed by atoms with Crippen LogP contribution in [0.5, 0.6) is 0 Å². The van der Waals surface area contributed by atoms with E-state index in [9.17, 15) is 4.79 Å². The van der Waals surface area contributed by atoms with Gasteiger partial charge in [-0.3, -0.25) is 9.69 Å². The van der Waals surface area contributed by atoms with Crippen LogP contribution in [0.3, 0.4) is 0 Å². The molecule has 0 saturated carbocycles. The summed E-state index contributed by atoms with van der Waals surface area (Å²) in [4.78, 5) is 19.4. The van der Waals surface area contributed by atoms with Crippen molar-refractivity contribution >= 4 is 16.9 Å². The van der Waals surface area contributed by atoms with Crippen LogP contribution in [0.2, 0.25) is 0 Å². The summed E-state index contributed by atoms with van der Waals surface area (Å²) in [5.74, 6) is 1.20. The van der Waals surface area contributed by atoms with Crippen LogP contribution in [-0.2, 0) is 11.3 Å². The van der Waals surface area contributed by atoms with Crippen LogP contribution in [-0.4, -0.2) is 79.5 Å². The molecule has 1 N–H and O–H groups in total. The molecule has 6 nitrogen and oxygen atoms in total. The minimum atomic E-state index is -0.110. The highest BCUT2D eigenvalue weighted by molar-refractivity contribution is 5.82. The molecule has 1 aromatic heterocycles. The number of para-hydroxylation sites is 1. The molecule has 0 spiro atoms. The van der Waals surface area contributed by atoms with Gasteiger partial charge in [0.2, 0.25) is 5.91 Å². The Hall–Kier alpha value is -1.89. The van der Waals surface area contributed by atoms with Crippen molar-refractivity contribution < 1.29 is 9.21 Å². The summed E-state index contributed by atoms with van der Waals surface area (Å²) in [5, 5.41) is 4.53. The number of nitrogens with zero attached hydrogens (tertiary/aromatic N) is 3. The van der Waals surface area contributed by atoms with Crippen molar-refractivity contribution in [2.45, 2.75) is 12.6 Å². The van der Waals surface area contributed by atoms with Crippen molar-refractivity contribution in [3.63, 3.8) is 0 Å². The monoisotopic (exact) mass is 342 g/mol. The predicted octanol–water partition coefficient (Wildman–Crippen LogP) is 0.981. The van der Waals surface area contributed by atoms with E-state index >= 15 is 0 Å². The van der Waals surface area contributed by atoms with Gasteiger partial charge in [-0.1, -0.05) is 18.2 Å². The standard InChI is InChI=1S/C19H26N4O2/c1-21-8-10-23(11-9-21)19(24)17-14-22(7-6-20-17)13-16-12-15-4-2-3-5-18(15)25-16/h2-5,12,17,20H,6-11,13-14H2,1H3/t17-/m0/s1. The van der Waals surface area contributed by atoms with Crippen LogP contribution in [0, 0.1) is 0 Å². The molecule has 25 heavy (non-hydrogen) atoms. The highest BCUT2D eigenvalue weighted by Crippen LogP contribution is 2.20. The number of carbonyl (C=O) groups excluding carboxylic acids is 1. The first-order chi connectivity index (χ1) is 12.2. The lowest BCUT2D eigenvalue weighted by atomic mass is 10.1. The van der Waals surface area contributed by atoms with Crippen molar-refractivity contribution in [1.29, 1.82) is 0 Å². The fourth-order valence-corrected chi connectivity index (χ4v) is 3.70. The minimum Gasteiger partial charge on any atom is -0.460 e. The molecule has 0 aliphatic carbocycles. The van der Waals surface area contributed by atoms with E-state index < -0.39 is 0 Å². The number of benzene rings is 1. The molecule has 2 aliphatic heterocycles. The zero-order valence-corrected chi connectivity index (χ0v) is 14.8. The summed E-state index contributed by atoms with van der Waals surface area (Å²) in [6.07, 6.45) is 0. The van der Waals surface area contributed by atoms with E-state index in [1.54, 1.807) is 0 Å². The van der Waals surface area contributed by atoms with E-state index in [4.69, 9.17) is 4.42 Å². The van der Waals surface area contributed by atoms with Crippen LogP contribution >= 0.6 is 0 Å². The third kappa shape index (κ3) is 3.71. The fraction of sp³-hybridized carbons (Fsp3) is 0.526. The normalized spacial score (nSPS) is 23.2. The quantitative estimate of drug-likeness (QED) is 0.901. The third-order valence-electron chi connectivity index (χ3n) is 5.23. The molecule has 2 aliphatic rings. The smallest absolute Gasteiger partial charge is 0.241 e. The van der Waals surface area contributed by atoms with E-state index in [0.717, 1.165) is 69.1 Å². The summed E-state index contributed by atoms with van der Waals surface area (Å²) < 4.78 is 5.93. The number of likely N-dealkylation sites (N-methyl/N-ethyl adjacent to an activating group) is 1. The van der Waals surface area contributed by atoms with E-state index in [-0.39, 0.29) is 11.9 Å². The second-order valence-electron chi connectivity index (χ2n) is 7.12. The maximum Gasteiger partial charge on any atom is 0.241 e. The number of hydrogen-bond donors (Lipinski definition) is 1. The van der Waals surface area contributed by atoms with Gasteiger partial charge < -0.3 is 19.5 Å². The van der Waals surface area contributed by atoms with Gasteiger partial charge in [0.25, 0.3) is 0 Å². The number of carbonyl (C=O) groups is 1. The van der Waals surface area contributed by atoms with Crippen molar-refractivity contribution in [3.05, 3.63) is 36.1 Å². The number of nitrogens with one attached hydrogen (secondary N) is 1. The van der Waals surface area contributed by atoms with Gasteiger partial charge in [0.15, 0.2) is 0 Å². The molecule has 2 fully saturated rings. The average molecular weight is 342 g/mol. The largest absolute Gasteiger partial charge is 0.460 e. The van der Waals surface area contributed by atoms with Crippen LogP contribution < -0.4 is 5.32 Å². The van der Waals surface area contributed by atoms with Crippen LogP contribution in [0.4, 0.5) is 0 Å². The Morgan fingerprint density at radius 1 is 1.20 bits per heavy atom. The summed E-state index contributed by atoms with van der Waals surface area (Å²) in [5.41, 5.74) is 0.928. The Morgan fingerprint density at radius 3 is 2.80 bits per heavy atom. The third-order valence-corrected chi connectivity index (χ3v) is 5.23. The molecule has 1 atom stereocenters. The van der Waals surface area contributed by atoms with E-state index in [1.807, 2.05) is 23.1 Å². The molecular formula is C19H26N4O2. The summed E-state index contributed by atoms with van der Waals surface area (Å²) >= 11 is 0. The van der Waals surface area contributed by atoms with Crippen molar-refractivity contribution in [2.24, 2.45) is 0 Å². The summed E-state index contributed by atoms with van der Waals surface area (Å²) in [6.45, 7) is 6.84. The van der Waals surface area contributed by atoms with E-state index in [1.165, 1.54) is 0 Å². The molecule has 6 heteroatoms. The zero-order valence-electron chi connectivity index (χ0n) is 14.8. The van der Waals surface area contributed by atoms with Crippen LogP contribution in [0.25, 0.3) is 11.0 Å². The molecule has 0 radical (unpaired) electrons. The van der Waals surface area contributed by atoms with Gasteiger partial charge in [0.1, 0.15) is 11.3 Å². The minimum absolute atomic E-state index is 0.110. The first kappa shape index (κ1) is 16.6. The highest BCUT2D eigenvalue weighted by Gasteiger charge is 2.30. The van der Waals surface area contributed by atoms with Gasteiger partial charge in [0.05, 0.1) is 12.6 Å². The highest BCUT2D eigenvalue weighted by atomic mass is 16.3. The Kier molecular flexibility index (Phi) is 4.74. The molecule has 3 heterocycles. The fourth-order valence-electron chi connectivity index (χ4n) is 3.70. The number of hydrogen-bond acceptors (Lipinski definition) is 5. The Bertz CT molecular complexity index is 703. The second kappa shape index (κ2) is 7.15. The van der Waals surface area contributed by atoms with E-state index in [0.29, 0.717) is 0 Å². The van der Waals surface area contributed by atoms with E-state index in [2.05, 4.69) is 34.3 Å². The molecule has 1 aromatic carbocycles. The molecule has 2 saturated heterocycles. The SMILES string of the molecule is CN1CCN(C(=O)[C@@H]2CN(Cc3cc4ccccc4o3)CCN2)CC1. The van der Waals surface area contributed by atoms with Gasteiger partial charge in [0, 0.05) is 51.2 Å². The lowest BCUT2D eigenvalue weighted by molar-refractivity contribution is -0.136. The maximum absolute atomic E-state index is 12.8. The Labute approximate surface area is 148 Å². The molecule has 2 aromatic rings. The van der Waals surface area contributed by atoms with Crippen molar-refractivity contribution in [1.82, 2.24) is 20.0 Å². The second-order valence-corrected chi connectivity index (χ2v) is 7.12. The number of amides is 1. The first-order valence-electron chi connectivity index (χ1n) is 9.09. The summed E-state index contributed by atoms with van der Waals surface area (Å²) in [7, 11) is 2.11. The van der Waals surface area contributed by atoms with Crippen LogP contribution in [0.15, 0.2) is 34.7 Å². The lowest BCUT2D eigenvalue weighted by Crippen LogP contribution is -2.59. The molecule has 134 valence electrons. The van der Waals surface area contributed by atoms with Crippen molar-refractivity contribution in [3.8, 4) is 0 Å².